The van der Waals surface area contributed by atoms with E-state index in [1.807, 2.05) is 19.1 Å². The lowest BCUT2D eigenvalue weighted by Gasteiger charge is -2.13. The van der Waals surface area contributed by atoms with Crippen molar-refractivity contribution in [3.8, 4) is 17.2 Å². The third-order valence-corrected chi connectivity index (χ3v) is 6.95. The van der Waals surface area contributed by atoms with E-state index in [1.165, 1.54) is 89.2 Å². The molecular formula is C32H46N2O6. The van der Waals surface area contributed by atoms with E-state index in [1.54, 1.807) is 12.1 Å². The van der Waals surface area contributed by atoms with Crippen molar-refractivity contribution in [2.24, 2.45) is 0 Å². The van der Waals surface area contributed by atoms with Crippen molar-refractivity contribution in [1.82, 2.24) is 4.98 Å². The average molecular weight is 555 g/mol. The monoisotopic (exact) mass is 554 g/mol. The predicted octanol–water partition coefficient (Wildman–Crippen LogP) is 9.36. The van der Waals surface area contributed by atoms with Gasteiger partial charge in [0.2, 0.25) is 0 Å². The Bertz CT molecular complexity index is 1150. The molecular weight excluding hydrogens is 508 g/mol. The van der Waals surface area contributed by atoms with Gasteiger partial charge in [-0.15, -0.1) is 0 Å². The zero-order valence-electron chi connectivity index (χ0n) is 24.3. The van der Waals surface area contributed by atoms with Gasteiger partial charge in [-0.2, -0.15) is 0 Å². The van der Waals surface area contributed by atoms with E-state index in [0.717, 1.165) is 12.8 Å². The standard InChI is InChI=1S/C32H46N2O6/c1-3-4-5-6-7-8-9-10-11-12-13-14-15-16-20-38-32-25-30-29(33-26(2)40-30)24-31(32)39-22-21-37-28-19-17-18-27(23-28)34(35)36/h17-19,23-25H,3-16,20-22H2,1-2H3. The molecule has 2 aromatic carbocycles. The highest BCUT2D eigenvalue weighted by atomic mass is 16.6. The first-order valence-electron chi connectivity index (χ1n) is 15.1. The van der Waals surface area contributed by atoms with Crippen LogP contribution in [0.25, 0.3) is 11.1 Å². The zero-order chi connectivity index (χ0) is 28.4. The summed E-state index contributed by atoms with van der Waals surface area (Å²) in [5.41, 5.74) is 1.36. The fraction of sp³-hybridized carbons (Fsp3) is 0.594. The van der Waals surface area contributed by atoms with Gasteiger partial charge in [-0.3, -0.25) is 10.1 Å². The number of aromatic nitrogens is 1. The molecule has 0 saturated carbocycles. The summed E-state index contributed by atoms with van der Waals surface area (Å²) >= 11 is 0. The quantitative estimate of drug-likeness (QED) is 0.0693. The van der Waals surface area contributed by atoms with Gasteiger partial charge in [0.1, 0.15) is 24.5 Å². The topological polar surface area (TPSA) is 96.9 Å². The zero-order valence-corrected chi connectivity index (χ0v) is 24.3. The number of fused-ring (bicyclic) bond motifs is 1. The van der Waals surface area contributed by atoms with E-state index < -0.39 is 4.92 Å². The normalized spacial score (nSPS) is 11.2. The van der Waals surface area contributed by atoms with Crippen LogP contribution in [0.4, 0.5) is 5.69 Å². The molecule has 8 heteroatoms. The highest BCUT2D eigenvalue weighted by Gasteiger charge is 2.13. The van der Waals surface area contributed by atoms with Crippen molar-refractivity contribution in [3.63, 3.8) is 0 Å². The number of non-ortho nitro benzene ring substituents is 1. The molecule has 0 amide bonds. The van der Waals surface area contributed by atoms with Gasteiger partial charge >= 0.3 is 0 Å². The van der Waals surface area contributed by atoms with Crippen LogP contribution in [0.2, 0.25) is 0 Å². The molecule has 0 fully saturated rings. The molecule has 3 rings (SSSR count). The molecule has 1 aromatic heterocycles. The van der Waals surface area contributed by atoms with Gasteiger partial charge in [0.05, 0.1) is 17.6 Å². The van der Waals surface area contributed by atoms with E-state index in [4.69, 9.17) is 18.6 Å². The van der Waals surface area contributed by atoms with Crippen molar-refractivity contribution >= 4 is 16.8 Å². The second-order valence-corrected chi connectivity index (χ2v) is 10.4. The maximum absolute atomic E-state index is 11.0. The van der Waals surface area contributed by atoms with Gasteiger partial charge in [-0.25, -0.2) is 4.98 Å². The lowest BCUT2D eigenvalue weighted by atomic mass is 10.0. The van der Waals surface area contributed by atoms with Crippen LogP contribution >= 0.6 is 0 Å². The molecule has 0 aliphatic carbocycles. The number of rotatable bonds is 22. The Labute approximate surface area is 238 Å². The molecule has 0 spiro atoms. The van der Waals surface area contributed by atoms with E-state index in [2.05, 4.69) is 11.9 Å². The Morgan fingerprint density at radius 3 is 1.98 bits per heavy atom. The second kappa shape index (κ2) is 18.1. The van der Waals surface area contributed by atoms with Crippen LogP contribution in [-0.4, -0.2) is 29.7 Å². The summed E-state index contributed by atoms with van der Waals surface area (Å²) in [6.07, 6.45) is 18.4. The largest absolute Gasteiger partial charge is 0.490 e. The first-order chi connectivity index (χ1) is 19.6. The highest BCUT2D eigenvalue weighted by molar-refractivity contribution is 5.77. The minimum atomic E-state index is -0.444. The number of hydrogen-bond donors (Lipinski definition) is 0. The Morgan fingerprint density at radius 1 is 0.750 bits per heavy atom. The summed E-state index contributed by atoms with van der Waals surface area (Å²) in [7, 11) is 0. The summed E-state index contributed by atoms with van der Waals surface area (Å²) in [6.45, 7) is 5.17. The van der Waals surface area contributed by atoms with Crippen LogP contribution in [0.1, 0.15) is 103 Å². The number of aryl methyl sites for hydroxylation is 1. The van der Waals surface area contributed by atoms with Crippen molar-refractivity contribution in [2.75, 3.05) is 19.8 Å². The number of nitro groups is 1. The SMILES string of the molecule is CCCCCCCCCCCCCCCCOc1cc2oc(C)nc2cc1OCCOc1cccc([N+](=O)[O-])c1. The van der Waals surface area contributed by atoms with Gasteiger partial charge in [-0.05, 0) is 12.5 Å². The third kappa shape index (κ3) is 11.4. The molecule has 0 N–H and O–H groups in total. The van der Waals surface area contributed by atoms with E-state index >= 15 is 0 Å². The van der Waals surface area contributed by atoms with Gasteiger partial charge < -0.3 is 18.6 Å². The molecule has 220 valence electrons. The third-order valence-electron chi connectivity index (χ3n) is 6.95. The van der Waals surface area contributed by atoms with Crippen molar-refractivity contribution in [1.29, 1.82) is 0 Å². The van der Waals surface area contributed by atoms with Crippen molar-refractivity contribution in [2.45, 2.75) is 104 Å². The second-order valence-electron chi connectivity index (χ2n) is 10.4. The number of ether oxygens (including phenoxy) is 3. The first-order valence-corrected chi connectivity index (χ1v) is 15.1. The fourth-order valence-corrected chi connectivity index (χ4v) is 4.75. The van der Waals surface area contributed by atoms with E-state index in [9.17, 15) is 10.1 Å². The summed E-state index contributed by atoms with van der Waals surface area (Å²) in [4.78, 5) is 14.9. The smallest absolute Gasteiger partial charge is 0.273 e. The van der Waals surface area contributed by atoms with Crippen LogP contribution in [0.3, 0.4) is 0 Å². The van der Waals surface area contributed by atoms with Crippen LogP contribution in [0.5, 0.6) is 17.2 Å². The Kier molecular flexibility index (Phi) is 14.2. The summed E-state index contributed by atoms with van der Waals surface area (Å²) in [6, 6.07) is 9.76. The molecule has 1 heterocycles. The minimum absolute atomic E-state index is 0.00976. The lowest BCUT2D eigenvalue weighted by molar-refractivity contribution is -0.384. The van der Waals surface area contributed by atoms with Crippen LogP contribution < -0.4 is 14.2 Å². The number of unbranched alkanes of at least 4 members (excludes halogenated alkanes) is 13. The van der Waals surface area contributed by atoms with Gasteiger partial charge in [0, 0.05) is 25.1 Å². The maximum Gasteiger partial charge on any atom is 0.273 e. The minimum Gasteiger partial charge on any atom is -0.490 e. The summed E-state index contributed by atoms with van der Waals surface area (Å²) < 4.78 is 23.4. The molecule has 40 heavy (non-hydrogen) atoms. The summed E-state index contributed by atoms with van der Waals surface area (Å²) in [5, 5.41) is 11.0. The highest BCUT2D eigenvalue weighted by Crippen LogP contribution is 2.33. The van der Waals surface area contributed by atoms with Gasteiger partial charge in [-0.1, -0.05) is 96.5 Å². The molecule has 0 aliphatic rings. The number of nitrogens with zero attached hydrogens (tertiary/aromatic N) is 2. The fourth-order valence-electron chi connectivity index (χ4n) is 4.75. The van der Waals surface area contributed by atoms with Gasteiger partial charge in [0.15, 0.2) is 23.0 Å². The number of nitro benzene ring substituents is 1. The van der Waals surface area contributed by atoms with E-state index in [-0.39, 0.29) is 18.9 Å². The number of oxazole rings is 1. The molecule has 0 atom stereocenters. The Hall–Kier alpha value is -3.29. The molecule has 8 nitrogen and oxygen atoms in total. The molecule has 0 unspecified atom stereocenters. The lowest BCUT2D eigenvalue weighted by Crippen LogP contribution is -2.10. The molecule has 3 aromatic rings. The summed E-state index contributed by atoms with van der Waals surface area (Å²) in [5.74, 6) is 2.20. The predicted molar refractivity (Wildman–Crippen MR) is 159 cm³/mol. The van der Waals surface area contributed by atoms with E-state index in [0.29, 0.717) is 40.8 Å². The van der Waals surface area contributed by atoms with Crippen LogP contribution in [0, 0.1) is 17.0 Å². The molecule has 0 saturated heterocycles. The van der Waals surface area contributed by atoms with Crippen molar-refractivity contribution in [3.05, 3.63) is 52.4 Å². The molecule has 0 bridgehead atoms. The average Bonchev–Trinajstić information content (AvgIpc) is 3.31. The van der Waals surface area contributed by atoms with Crippen molar-refractivity contribution < 1.29 is 23.6 Å². The van der Waals surface area contributed by atoms with Gasteiger partial charge in [0.25, 0.3) is 5.69 Å². The Morgan fingerprint density at radius 2 is 1.32 bits per heavy atom. The Balaban J connectivity index is 1.33. The number of benzene rings is 2. The first kappa shape index (κ1) is 31.2. The molecule has 0 radical (unpaired) electrons. The maximum atomic E-state index is 11.0. The number of hydrogen-bond acceptors (Lipinski definition) is 7. The van der Waals surface area contributed by atoms with Crippen LogP contribution in [0.15, 0.2) is 40.8 Å². The molecule has 0 aliphatic heterocycles. The van der Waals surface area contributed by atoms with Crippen LogP contribution in [-0.2, 0) is 0 Å².